The van der Waals surface area contributed by atoms with E-state index in [-0.39, 0.29) is 0 Å². The maximum atomic E-state index is 9.93. The summed E-state index contributed by atoms with van der Waals surface area (Å²) in [7, 11) is 0. The Kier molecular flexibility index (Phi) is 9.51. The van der Waals surface area contributed by atoms with Gasteiger partial charge >= 0.3 is 0 Å². The molecule has 6 rings (SSSR count). The van der Waals surface area contributed by atoms with E-state index in [4.69, 9.17) is 23.7 Å². The van der Waals surface area contributed by atoms with Gasteiger partial charge in [-0.05, 0) is 75.6 Å². The van der Waals surface area contributed by atoms with E-state index >= 15 is 0 Å². The Balaban J connectivity index is 1.66. The summed E-state index contributed by atoms with van der Waals surface area (Å²) < 4.78 is 29.1. The molecule has 208 valence electrons. The molecule has 1 saturated carbocycles. The second-order valence-electron chi connectivity index (χ2n) is 11.3. The zero-order valence-electron chi connectivity index (χ0n) is 23.6. The van der Waals surface area contributed by atoms with Crippen LogP contribution in [0.3, 0.4) is 0 Å². The van der Waals surface area contributed by atoms with Crippen molar-refractivity contribution in [1.82, 2.24) is 0 Å². The van der Waals surface area contributed by atoms with Gasteiger partial charge in [-0.25, -0.2) is 0 Å². The SMILES string of the molecule is CC(C)(C#N)c1cc2ccc1OCCOCCOCCOCCOc1ccc(cc1C(C)(C)C#N)[C@@H]1CC[C@H]21. The highest BCUT2D eigenvalue weighted by atomic mass is 16.6. The highest BCUT2D eigenvalue weighted by Crippen LogP contribution is 2.51. The van der Waals surface area contributed by atoms with E-state index in [1.807, 2.05) is 39.8 Å². The lowest BCUT2D eigenvalue weighted by atomic mass is 9.65. The van der Waals surface area contributed by atoms with Gasteiger partial charge in [-0.3, -0.25) is 0 Å². The number of hydrogen-bond acceptors (Lipinski definition) is 7. The summed E-state index contributed by atoms with van der Waals surface area (Å²) >= 11 is 0. The first kappa shape index (κ1) is 28.9. The van der Waals surface area contributed by atoms with Crippen LogP contribution in [0, 0.1) is 22.7 Å². The van der Waals surface area contributed by atoms with E-state index in [1.54, 1.807) is 0 Å². The summed E-state index contributed by atoms with van der Waals surface area (Å²) in [5.41, 5.74) is 2.81. The molecule has 0 aromatic heterocycles. The fourth-order valence-corrected chi connectivity index (χ4v) is 5.17. The predicted molar refractivity (Wildman–Crippen MR) is 148 cm³/mol. The van der Waals surface area contributed by atoms with Crippen molar-refractivity contribution in [2.45, 2.75) is 63.2 Å². The van der Waals surface area contributed by atoms with Gasteiger partial charge < -0.3 is 23.7 Å². The predicted octanol–water partition coefficient (Wildman–Crippen LogP) is 5.77. The number of ether oxygens (including phenoxy) is 5. The highest BCUT2D eigenvalue weighted by molar-refractivity contribution is 5.49. The summed E-state index contributed by atoms with van der Waals surface area (Å²) in [6, 6.07) is 17.4. The molecule has 7 heteroatoms. The monoisotopic (exact) mass is 532 g/mol. The smallest absolute Gasteiger partial charge is 0.124 e. The van der Waals surface area contributed by atoms with Crippen LogP contribution in [-0.2, 0) is 25.0 Å². The van der Waals surface area contributed by atoms with Crippen molar-refractivity contribution in [3.8, 4) is 23.6 Å². The number of fused-ring (bicyclic) bond motifs is 2. The summed E-state index contributed by atoms with van der Waals surface area (Å²) in [4.78, 5) is 0. The van der Waals surface area contributed by atoms with Gasteiger partial charge in [0.05, 0.1) is 62.6 Å². The Morgan fingerprint density at radius 1 is 0.590 bits per heavy atom. The lowest BCUT2D eigenvalue weighted by Gasteiger charge is -2.39. The zero-order valence-corrected chi connectivity index (χ0v) is 23.6. The average Bonchev–Trinajstić information content (AvgIpc) is 2.91. The summed E-state index contributed by atoms with van der Waals surface area (Å²) in [5, 5.41) is 19.9. The molecule has 4 aliphatic rings. The Hall–Kier alpha value is -3.10. The number of nitrogens with zero attached hydrogens (tertiary/aromatic N) is 2. The van der Waals surface area contributed by atoms with Crippen LogP contribution in [0.2, 0.25) is 0 Å². The van der Waals surface area contributed by atoms with Crippen molar-refractivity contribution in [2.24, 2.45) is 0 Å². The van der Waals surface area contributed by atoms with E-state index in [2.05, 4.69) is 36.4 Å². The molecule has 0 radical (unpaired) electrons. The standard InChI is InChI=1S/C32H40N2O5/c1-31(2,21-33)27-19-23-5-9-29(27)38-17-15-36-13-11-35-12-14-37-16-18-39-30-10-6-24(26-8-7-25(23)26)20-28(30)32(3,4)22-34/h5-6,9-10,19-20,25-26H,7-8,11-18H2,1-4H3/t25-,26+. The van der Waals surface area contributed by atoms with Crippen LogP contribution < -0.4 is 9.47 Å². The molecule has 7 nitrogen and oxygen atoms in total. The lowest BCUT2D eigenvalue weighted by Crippen LogP contribution is -2.24. The molecule has 1 fully saturated rings. The minimum Gasteiger partial charge on any atom is -0.491 e. The van der Waals surface area contributed by atoms with Crippen molar-refractivity contribution in [3.05, 3.63) is 58.7 Å². The molecule has 4 bridgehead atoms. The second kappa shape index (κ2) is 12.8. The van der Waals surface area contributed by atoms with Crippen LogP contribution in [0.1, 0.15) is 74.6 Å². The van der Waals surface area contributed by atoms with E-state index in [1.165, 1.54) is 11.1 Å². The second-order valence-corrected chi connectivity index (χ2v) is 11.3. The first-order valence-corrected chi connectivity index (χ1v) is 13.9. The first-order valence-electron chi connectivity index (χ1n) is 13.9. The average molecular weight is 533 g/mol. The fraction of sp³-hybridized carbons (Fsp3) is 0.562. The van der Waals surface area contributed by atoms with Gasteiger partial charge in [-0.15, -0.1) is 0 Å². The van der Waals surface area contributed by atoms with Crippen LogP contribution in [0.15, 0.2) is 36.4 Å². The highest BCUT2D eigenvalue weighted by Gasteiger charge is 2.36. The first-order chi connectivity index (χ1) is 18.8. The molecule has 0 spiro atoms. The zero-order chi connectivity index (χ0) is 27.9. The van der Waals surface area contributed by atoms with Gasteiger partial charge in [-0.1, -0.05) is 24.3 Å². The third-order valence-corrected chi connectivity index (χ3v) is 7.76. The maximum absolute atomic E-state index is 9.93. The minimum absolute atomic E-state index is 0.329. The molecule has 0 unspecified atom stereocenters. The minimum atomic E-state index is -0.698. The number of nitriles is 2. The molecule has 2 atom stereocenters. The molecule has 0 amide bonds. The van der Waals surface area contributed by atoms with Crippen LogP contribution in [0.25, 0.3) is 0 Å². The topological polar surface area (TPSA) is 93.7 Å². The van der Waals surface area contributed by atoms with Gasteiger partial charge in [0.1, 0.15) is 24.7 Å². The Labute approximate surface area is 232 Å². The van der Waals surface area contributed by atoms with Crippen LogP contribution in [0.5, 0.6) is 11.5 Å². The molecule has 3 aliphatic heterocycles. The molecular formula is C32H40N2O5. The molecule has 3 heterocycles. The molecule has 2 aromatic rings. The molecule has 2 aromatic carbocycles. The number of hydrogen-bond donors (Lipinski definition) is 0. The molecule has 0 saturated heterocycles. The third kappa shape index (κ3) is 6.92. The normalized spacial score (nSPS) is 21.4. The van der Waals surface area contributed by atoms with Crippen LogP contribution >= 0.6 is 0 Å². The molecule has 1 aliphatic carbocycles. The summed E-state index contributed by atoms with van der Waals surface area (Å²) in [6.45, 7) is 11.3. The third-order valence-electron chi connectivity index (χ3n) is 7.76. The van der Waals surface area contributed by atoms with Crippen molar-refractivity contribution >= 4 is 0 Å². The quantitative estimate of drug-likeness (QED) is 0.485. The van der Waals surface area contributed by atoms with E-state index < -0.39 is 10.8 Å². The molecule has 0 N–H and O–H groups in total. The largest absolute Gasteiger partial charge is 0.491 e. The fourth-order valence-electron chi connectivity index (χ4n) is 5.17. The Morgan fingerprint density at radius 3 is 1.28 bits per heavy atom. The lowest BCUT2D eigenvalue weighted by molar-refractivity contribution is 0.00486. The van der Waals surface area contributed by atoms with Gasteiger partial charge in [0.2, 0.25) is 0 Å². The van der Waals surface area contributed by atoms with Crippen molar-refractivity contribution < 1.29 is 23.7 Å². The molecular weight excluding hydrogens is 492 g/mol. The van der Waals surface area contributed by atoms with Gasteiger partial charge in [0.25, 0.3) is 0 Å². The number of benzene rings is 2. The number of rotatable bonds is 2. The summed E-state index contributed by atoms with van der Waals surface area (Å²) in [6.07, 6.45) is 2.14. The van der Waals surface area contributed by atoms with Crippen LogP contribution in [0.4, 0.5) is 0 Å². The van der Waals surface area contributed by atoms with E-state index in [0.29, 0.717) is 64.7 Å². The molecule has 39 heavy (non-hydrogen) atoms. The van der Waals surface area contributed by atoms with Gasteiger partial charge in [0.15, 0.2) is 0 Å². The Bertz CT molecular complexity index is 1120. The van der Waals surface area contributed by atoms with Crippen molar-refractivity contribution in [2.75, 3.05) is 52.9 Å². The summed E-state index contributed by atoms with van der Waals surface area (Å²) in [5.74, 6) is 2.10. The Morgan fingerprint density at radius 2 is 0.949 bits per heavy atom. The van der Waals surface area contributed by atoms with Crippen LogP contribution in [-0.4, -0.2) is 52.9 Å². The van der Waals surface area contributed by atoms with Crippen molar-refractivity contribution in [3.63, 3.8) is 0 Å². The van der Waals surface area contributed by atoms with E-state index in [0.717, 1.165) is 35.5 Å². The van der Waals surface area contributed by atoms with Gasteiger partial charge in [-0.2, -0.15) is 10.5 Å². The van der Waals surface area contributed by atoms with Crippen molar-refractivity contribution in [1.29, 1.82) is 10.5 Å². The maximum Gasteiger partial charge on any atom is 0.124 e. The van der Waals surface area contributed by atoms with E-state index in [9.17, 15) is 10.5 Å². The van der Waals surface area contributed by atoms with Gasteiger partial charge in [0, 0.05) is 11.1 Å².